The van der Waals surface area contributed by atoms with Crippen molar-refractivity contribution in [3.05, 3.63) is 127 Å². The fourth-order valence-electron chi connectivity index (χ4n) is 5.08. The molecule has 12 nitrogen and oxygen atoms in total. The molecule has 0 spiro atoms. The fourth-order valence-corrected chi connectivity index (χ4v) is 5.95. The van der Waals surface area contributed by atoms with Gasteiger partial charge in [-0.25, -0.2) is 19.3 Å². The molecule has 1 fully saturated rings. The Morgan fingerprint density at radius 1 is 0.889 bits per heavy atom. The van der Waals surface area contributed by atoms with Gasteiger partial charge in [-0.3, -0.25) is 9.59 Å². The van der Waals surface area contributed by atoms with Crippen LogP contribution in [0, 0.1) is 0 Å². The predicted octanol–water partition coefficient (Wildman–Crippen LogP) is 4.24. The Hall–Kier alpha value is -4.50. The molecule has 0 radical (unpaired) electrons. The molecule has 0 aliphatic carbocycles. The zero-order valence-corrected chi connectivity index (χ0v) is 26.2. The lowest BCUT2D eigenvalue weighted by molar-refractivity contribution is -0.0896. The number of aliphatic hydroxyl groups is 1. The Balaban J connectivity index is 1.49. The Morgan fingerprint density at radius 2 is 1.44 bits per heavy atom. The molecule has 1 aliphatic rings. The Bertz CT molecular complexity index is 1950. The summed E-state index contributed by atoms with van der Waals surface area (Å²) in [6, 6.07) is 24.0. The van der Waals surface area contributed by atoms with Crippen LogP contribution in [0.4, 0.5) is 0 Å². The summed E-state index contributed by atoms with van der Waals surface area (Å²) in [6.45, 7) is -0.528. The number of rotatable bonds is 8. The molecule has 1 saturated heterocycles. The van der Waals surface area contributed by atoms with E-state index in [0.29, 0.717) is 0 Å². The van der Waals surface area contributed by atoms with E-state index >= 15 is 0 Å². The number of carbonyl (C=O) groups excluding carboxylic acids is 3. The molecule has 228 valence electrons. The number of ether oxygens (including phenoxy) is 3. The van der Waals surface area contributed by atoms with Crippen LogP contribution < -0.4 is 5.56 Å². The summed E-state index contributed by atoms with van der Waals surface area (Å²) >= 11 is 6.41. The summed E-state index contributed by atoms with van der Waals surface area (Å²) in [7, 11) is 0. The zero-order chi connectivity index (χ0) is 31.7. The van der Waals surface area contributed by atoms with Crippen molar-refractivity contribution in [2.24, 2.45) is 0 Å². The highest BCUT2D eigenvalue weighted by Crippen LogP contribution is 2.44. The Morgan fingerprint density at radius 3 is 2.04 bits per heavy atom. The van der Waals surface area contributed by atoms with E-state index in [-0.39, 0.29) is 37.1 Å². The number of aromatic amines is 1. The summed E-state index contributed by atoms with van der Waals surface area (Å²) in [4.78, 5) is 60.2. The van der Waals surface area contributed by atoms with Crippen molar-refractivity contribution in [1.82, 2.24) is 19.7 Å². The number of fused-ring (bicyclic) bond motifs is 1. The monoisotopic (exact) mass is 736 g/mol. The van der Waals surface area contributed by atoms with Gasteiger partial charge in [-0.05, 0) is 56.1 Å². The van der Waals surface area contributed by atoms with E-state index in [1.165, 1.54) is 24.3 Å². The number of hydrogen-bond donors (Lipinski definition) is 2. The first-order valence-corrected chi connectivity index (χ1v) is 15.1. The number of nitrogens with one attached hydrogen (secondary N) is 1. The van der Waals surface area contributed by atoms with Gasteiger partial charge in [-0.2, -0.15) is 5.10 Å². The molecular weight excluding hydrogens is 716 g/mol. The first-order valence-electron chi connectivity index (χ1n) is 13.5. The third-order valence-electron chi connectivity index (χ3n) is 7.20. The average molecular weight is 738 g/mol. The van der Waals surface area contributed by atoms with Crippen LogP contribution >= 0.6 is 31.9 Å². The predicted molar refractivity (Wildman–Crippen MR) is 166 cm³/mol. The van der Waals surface area contributed by atoms with Crippen molar-refractivity contribution in [1.29, 1.82) is 0 Å². The molecule has 2 N–H and O–H groups in total. The van der Waals surface area contributed by atoms with Crippen molar-refractivity contribution >= 4 is 60.6 Å². The molecule has 45 heavy (non-hydrogen) atoms. The van der Waals surface area contributed by atoms with Gasteiger partial charge in [0.15, 0.2) is 22.7 Å². The van der Waals surface area contributed by atoms with Gasteiger partial charge in [0.1, 0.15) is 22.7 Å². The Kier molecular flexibility index (Phi) is 8.46. The SMILES string of the molecule is O=C(OC[C@@H]1O[C@H](n2nc(Br)c3c(=O)[nH]c(Br)nc32)[C@](O)(C(=O)c2ccccc2)[C@H]1OC(=O)c1ccccc1)c1ccccc1. The molecule has 4 atom stereocenters. The van der Waals surface area contributed by atoms with E-state index < -0.39 is 53.9 Å². The van der Waals surface area contributed by atoms with E-state index in [4.69, 9.17) is 14.2 Å². The van der Waals surface area contributed by atoms with E-state index in [9.17, 15) is 24.3 Å². The van der Waals surface area contributed by atoms with Gasteiger partial charge < -0.3 is 24.3 Å². The molecule has 0 unspecified atom stereocenters. The minimum atomic E-state index is -2.66. The second-order valence-electron chi connectivity index (χ2n) is 9.99. The average Bonchev–Trinajstić information content (AvgIpc) is 3.53. The van der Waals surface area contributed by atoms with Crippen molar-refractivity contribution in [2.75, 3.05) is 6.61 Å². The number of esters is 2. The van der Waals surface area contributed by atoms with Crippen LogP contribution in [0.2, 0.25) is 0 Å². The van der Waals surface area contributed by atoms with Crippen LogP contribution in [-0.4, -0.2) is 67.0 Å². The molecule has 0 amide bonds. The number of carbonyl (C=O) groups is 3. The van der Waals surface area contributed by atoms with Crippen LogP contribution in [0.3, 0.4) is 0 Å². The molecular formula is C31H22Br2N4O8. The number of H-pyrrole nitrogens is 1. The quantitative estimate of drug-likeness (QED) is 0.134. The summed E-state index contributed by atoms with van der Waals surface area (Å²) < 4.78 is 18.8. The highest BCUT2D eigenvalue weighted by molar-refractivity contribution is 9.10. The van der Waals surface area contributed by atoms with Crippen LogP contribution in [0.5, 0.6) is 0 Å². The number of halogens is 2. The minimum absolute atomic E-state index is 0.00750. The molecule has 14 heteroatoms. The second kappa shape index (κ2) is 12.5. The van der Waals surface area contributed by atoms with Gasteiger partial charge in [-0.15, -0.1) is 0 Å². The van der Waals surface area contributed by atoms with Gasteiger partial charge in [0.2, 0.25) is 11.4 Å². The molecule has 2 aromatic heterocycles. The summed E-state index contributed by atoms with van der Waals surface area (Å²) in [5, 5.41) is 16.9. The van der Waals surface area contributed by atoms with Crippen molar-refractivity contribution < 1.29 is 33.7 Å². The van der Waals surface area contributed by atoms with E-state index in [1.807, 2.05) is 0 Å². The van der Waals surface area contributed by atoms with Gasteiger partial charge in [0.05, 0.1) is 11.1 Å². The topological polar surface area (TPSA) is 163 Å². The standard InChI is InChI=1S/C31H22Br2N4O8/c32-24-21-25(34-30(33)35-26(21)39)37(36-24)29-31(42,22(38)17-10-4-1-5-11-17)23(45-28(41)19-14-8-3-9-15-19)20(44-29)16-43-27(40)18-12-6-2-7-13-18/h1-15,20,23,29,42H,16H2,(H,34,35,39)/t20-,23-,29-,31-/m0/s1. The number of hydrogen-bond acceptors (Lipinski definition) is 10. The van der Waals surface area contributed by atoms with Crippen LogP contribution in [0.25, 0.3) is 11.0 Å². The highest BCUT2D eigenvalue weighted by atomic mass is 79.9. The van der Waals surface area contributed by atoms with Crippen molar-refractivity contribution in [3.8, 4) is 0 Å². The molecule has 0 saturated carbocycles. The fraction of sp³-hybridized carbons (Fsp3) is 0.161. The summed E-state index contributed by atoms with van der Waals surface area (Å²) in [5.74, 6) is -2.45. The van der Waals surface area contributed by atoms with Gasteiger partial charge >= 0.3 is 11.9 Å². The Labute approximate surface area is 271 Å². The first-order chi connectivity index (χ1) is 21.7. The molecule has 1 aliphatic heterocycles. The van der Waals surface area contributed by atoms with Gasteiger partial charge in [0, 0.05) is 5.56 Å². The number of ketones is 1. The number of benzene rings is 3. The molecule has 5 aromatic rings. The van der Waals surface area contributed by atoms with E-state index in [0.717, 1.165) is 4.68 Å². The third-order valence-corrected chi connectivity index (χ3v) is 8.13. The minimum Gasteiger partial charge on any atom is -0.459 e. The lowest BCUT2D eigenvalue weighted by Crippen LogP contribution is -2.55. The van der Waals surface area contributed by atoms with Crippen LogP contribution in [-0.2, 0) is 14.2 Å². The summed E-state index contributed by atoms with van der Waals surface area (Å²) in [6.07, 6.45) is -4.82. The number of aromatic nitrogens is 4. The number of Topliss-reactive ketones (excluding diaryl/α,β-unsaturated/α-hetero) is 1. The lowest BCUT2D eigenvalue weighted by Gasteiger charge is -2.32. The maximum absolute atomic E-state index is 14.3. The summed E-state index contributed by atoms with van der Waals surface area (Å²) in [5.41, 5.74) is -2.84. The third kappa shape index (κ3) is 5.73. The largest absolute Gasteiger partial charge is 0.459 e. The number of nitrogens with zero attached hydrogens (tertiary/aromatic N) is 3. The maximum atomic E-state index is 14.3. The van der Waals surface area contributed by atoms with E-state index in [2.05, 4.69) is 46.9 Å². The van der Waals surface area contributed by atoms with Crippen molar-refractivity contribution in [2.45, 2.75) is 24.0 Å². The first kappa shape index (κ1) is 30.5. The molecule has 6 rings (SSSR count). The molecule has 3 aromatic carbocycles. The second-order valence-corrected chi connectivity index (χ2v) is 11.5. The van der Waals surface area contributed by atoms with E-state index in [1.54, 1.807) is 66.7 Å². The zero-order valence-electron chi connectivity index (χ0n) is 23.0. The lowest BCUT2D eigenvalue weighted by atomic mass is 9.85. The van der Waals surface area contributed by atoms with Crippen molar-refractivity contribution in [3.63, 3.8) is 0 Å². The van der Waals surface area contributed by atoms with Crippen LogP contribution in [0.1, 0.15) is 37.3 Å². The van der Waals surface area contributed by atoms with Crippen LogP contribution in [0.15, 0.2) is 105 Å². The smallest absolute Gasteiger partial charge is 0.338 e. The molecule has 0 bridgehead atoms. The molecule has 3 heterocycles. The van der Waals surface area contributed by atoms with Gasteiger partial charge in [-0.1, -0.05) is 66.7 Å². The maximum Gasteiger partial charge on any atom is 0.338 e. The highest BCUT2D eigenvalue weighted by Gasteiger charge is 2.64. The normalized spacial score (nSPS) is 21.0. The van der Waals surface area contributed by atoms with Gasteiger partial charge in [0.25, 0.3) is 5.56 Å².